The van der Waals surface area contributed by atoms with Gasteiger partial charge in [-0.15, -0.1) is 0 Å². The Kier molecular flexibility index (Phi) is 8.22. The van der Waals surface area contributed by atoms with Crippen LogP contribution in [0, 0.1) is 5.92 Å². The molecule has 1 aliphatic rings. The summed E-state index contributed by atoms with van der Waals surface area (Å²) in [5.41, 5.74) is 5.85. The molecule has 2 rings (SSSR count). The van der Waals surface area contributed by atoms with Crippen LogP contribution in [-0.4, -0.2) is 54.5 Å². The molecule has 1 aromatic rings. The van der Waals surface area contributed by atoms with Crippen molar-refractivity contribution < 1.29 is 23.9 Å². The first kappa shape index (κ1) is 23.7. The van der Waals surface area contributed by atoms with Gasteiger partial charge >= 0.3 is 6.09 Å². The van der Waals surface area contributed by atoms with Gasteiger partial charge in [-0.2, -0.15) is 0 Å². The molecule has 0 saturated carbocycles. The van der Waals surface area contributed by atoms with Gasteiger partial charge in [0.25, 0.3) is 5.91 Å². The van der Waals surface area contributed by atoms with Gasteiger partial charge in [0.15, 0.2) is 0 Å². The van der Waals surface area contributed by atoms with E-state index < -0.39 is 30.0 Å². The number of rotatable bonds is 7. The van der Waals surface area contributed by atoms with Crippen molar-refractivity contribution in [2.75, 3.05) is 19.0 Å². The summed E-state index contributed by atoms with van der Waals surface area (Å²) in [5, 5.41) is 5.30. The van der Waals surface area contributed by atoms with E-state index in [-0.39, 0.29) is 23.1 Å². The Labute approximate surface area is 183 Å². The summed E-state index contributed by atoms with van der Waals surface area (Å²) >= 11 is 3.27. The summed E-state index contributed by atoms with van der Waals surface area (Å²) in [6, 6.07) is 3.26. The predicted octanol–water partition coefficient (Wildman–Crippen LogP) is 2.25. The van der Waals surface area contributed by atoms with Crippen molar-refractivity contribution in [1.29, 1.82) is 0 Å². The van der Waals surface area contributed by atoms with Crippen LogP contribution >= 0.6 is 15.9 Å². The van der Waals surface area contributed by atoms with Gasteiger partial charge in [0.1, 0.15) is 12.1 Å². The number of carbonyl (C=O) groups excluding carboxylic acids is 4. The lowest BCUT2D eigenvalue weighted by molar-refractivity contribution is -0.139. The Morgan fingerprint density at radius 2 is 2.03 bits per heavy atom. The monoisotopic (exact) mass is 482 g/mol. The number of nitrogens with two attached hydrogens (primary N) is 1. The Balaban J connectivity index is 2.21. The van der Waals surface area contributed by atoms with Crippen LogP contribution in [0.4, 0.5) is 10.5 Å². The van der Waals surface area contributed by atoms with Crippen LogP contribution in [0.1, 0.15) is 43.5 Å². The second-order valence-corrected chi connectivity index (χ2v) is 8.15. The first-order chi connectivity index (χ1) is 14.2. The summed E-state index contributed by atoms with van der Waals surface area (Å²) < 4.78 is 5.29. The Morgan fingerprint density at radius 1 is 1.33 bits per heavy atom. The fourth-order valence-corrected chi connectivity index (χ4v) is 3.76. The van der Waals surface area contributed by atoms with E-state index in [4.69, 9.17) is 5.73 Å². The third kappa shape index (κ3) is 5.50. The zero-order valence-electron chi connectivity index (χ0n) is 17.2. The summed E-state index contributed by atoms with van der Waals surface area (Å²) in [4.78, 5) is 51.0. The molecule has 1 fully saturated rings. The van der Waals surface area contributed by atoms with E-state index in [9.17, 15) is 19.2 Å². The normalized spacial score (nSPS) is 17.7. The van der Waals surface area contributed by atoms with Crippen LogP contribution < -0.4 is 16.4 Å². The van der Waals surface area contributed by atoms with Gasteiger partial charge in [-0.05, 0) is 37.0 Å². The minimum absolute atomic E-state index is 0.145. The predicted molar refractivity (Wildman–Crippen MR) is 115 cm³/mol. The number of carbonyl (C=O) groups is 4. The van der Waals surface area contributed by atoms with Crippen molar-refractivity contribution in [1.82, 2.24) is 10.2 Å². The van der Waals surface area contributed by atoms with Gasteiger partial charge < -0.3 is 26.0 Å². The lowest BCUT2D eigenvalue weighted by atomic mass is 9.97. The SMILES string of the molecule is CCC(C)C(NC(=O)OC)C(=O)N1CCCC1C(=O)Nc1ccc(Br)cc1C(N)=O. The first-order valence-electron chi connectivity index (χ1n) is 9.74. The maximum Gasteiger partial charge on any atom is 0.407 e. The van der Waals surface area contributed by atoms with Crippen LogP contribution in [-0.2, 0) is 14.3 Å². The summed E-state index contributed by atoms with van der Waals surface area (Å²) in [7, 11) is 1.23. The number of nitrogens with zero attached hydrogens (tertiary/aromatic N) is 1. The Hall–Kier alpha value is -2.62. The lowest BCUT2D eigenvalue weighted by Crippen LogP contribution is -2.54. The maximum atomic E-state index is 13.2. The molecule has 0 aromatic heterocycles. The number of hydrogen-bond acceptors (Lipinski definition) is 5. The van der Waals surface area contributed by atoms with Crippen molar-refractivity contribution >= 4 is 45.4 Å². The molecular weight excluding hydrogens is 456 g/mol. The van der Waals surface area contributed by atoms with Crippen LogP contribution in [0.2, 0.25) is 0 Å². The molecule has 4 N–H and O–H groups in total. The molecule has 30 heavy (non-hydrogen) atoms. The van der Waals surface area contributed by atoms with E-state index in [0.717, 1.165) is 0 Å². The number of amides is 4. The van der Waals surface area contributed by atoms with E-state index in [1.807, 2.05) is 13.8 Å². The van der Waals surface area contributed by atoms with Gasteiger partial charge in [-0.1, -0.05) is 36.2 Å². The smallest absolute Gasteiger partial charge is 0.407 e. The minimum atomic E-state index is -0.801. The molecule has 3 unspecified atom stereocenters. The van der Waals surface area contributed by atoms with Gasteiger partial charge in [0.2, 0.25) is 11.8 Å². The third-order valence-electron chi connectivity index (χ3n) is 5.28. The molecule has 1 aliphatic heterocycles. The number of anilines is 1. The molecule has 0 radical (unpaired) electrons. The maximum absolute atomic E-state index is 13.2. The largest absolute Gasteiger partial charge is 0.453 e. The molecule has 0 spiro atoms. The number of hydrogen-bond donors (Lipinski definition) is 3. The van der Waals surface area contributed by atoms with Crippen LogP contribution in [0.5, 0.6) is 0 Å². The fraction of sp³-hybridized carbons (Fsp3) is 0.500. The van der Waals surface area contributed by atoms with Gasteiger partial charge in [0.05, 0.1) is 18.4 Å². The number of likely N-dealkylation sites (tertiary alicyclic amines) is 1. The van der Waals surface area contributed by atoms with Crippen LogP contribution in [0.3, 0.4) is 0 Å². The Morgan fingerprint density at radius 3 is 2.63 bits per heavy atom. The summed E-state index contributed by atoms with van der Waals surface area (Å²) in [6.07, 6.45) is 1.09. The second-order valence-electron chi connectivity index (χ2n) is 7.23. The van der Waals surface area contributed by atoms with E-state index in [1.54, 1.807) is 12.1 Å². The van der Waals surface area contributed by atoms with Gasteiger partial charge in [-0.25, -0.2) is 4.79 Å². The average molecular weight is 483 g/mol. The molecule has 9 nitrogen and oxygen atoms in total. The number of halogens is 1. The molecule has 0 bridgehead atoms. The molecule has 1 aromatic carbocycles. The number of nitrogens with one attached hydrogen (secondary N) is 2. The van der Waals surface area contributed by atoms with Gasteiger partial charge in [0, 0.05) is 11.0 Å². The number of methoxy groups -OCH3 is 1. The van der Waals surface area contributed by atoms with E-state index in [0.29, 0.717) is 30.3 Å². The van der Waals surface area contributed by atoms with Gasteiger partial charge in [-0.3, -0.25) is 14.4 Å². The summed E-state index contributed by atoms with van der Waals surface area (Å²) in [6.45, 7) is 4.16. The molecule has 164 valence electrons. The zero-order valence-corrected chi connectivity index (χ0v) is 18.8. The van der Waals surface area contributed by atoms with Crippen LogP contribution in [0.15, 0.2) is 22.7 Å². The number of alkyl carbamates (subject to hydrolysis) is 1. The topological polar surface area (TPSA) is 131 Å². The molecule has 10 heteroatoms. The molecule has 1 saturated heterocycles. The molecule has 4 amide bonds. The highest BCUT2D eigenvalue weighted by Crippen LogP contribution is 2.25. The third-order valence-corrected chi connectivity index (χ3v) is 5.77. The Bertz CT molecular complexity index is 831. The molecule has 3 atom stereocenters. The van der Waals surface area contributed by atoms with Crippen LogP contribution in [0.25, 0.3) is 0 Å². The standard InChI is InChI=1S/C20H27BrN4O5/c1-4-11(2)16(24-20(29)30-3)19(28)25-9-5-6-15(25)18(27)23-14-8-7-12(21)10-13(14)17(22)26/h7-8,10-11,15-16H,4-6,9H2,1-3H3,(H2,22,26)(H,23,27)(H,24,29). The molecule has 1 heterocycles. The quantitative estimate of drug-likeness (QED) is 0.548. The van der Waals surface area contributed by atoms with E-state index >= 15 is 0 Å². The number of ether oxygens (including phenoxy) is 1. The van der Waals surface area contributed by atoms with E-state index in [1.165, 1.54) is 18.1 Å². The zero-order chi connectivity index (χ0) is 22.4. The van der Waals surface area contributed by atoms with Crippen molar-refractivity contribution in [2.45, 2.75) is 45.2 Å². The molecular formula is C20H27BrN4O5. The van der Waals surface area contributed by atoms with Crippen molar-refractivity contribution in [3.05, 3.63) is 28.2 Å². The number of primary amides is 1. The summed E-state index contributed by atoms with van der Waals surface area (Å²) in [5.74, 6) is -1.57. The second kappa shape index (κ2) is 10.4. The molecule has 0 aliphatic carbocycles. The first-order valence-corrected chi connectivity index (χ1v) is 10.5. The lowest BCUT2D eigenvalue weighted by Gasteiger charge is -2.31. The highest BCUT2D eigenvalue weighted by molar-refractivity contribution is 9.10. The average Bonchev–Trinajstić information content (AvgIpc) is 3.21. The number of benzene rings is 1. The van der Waals surface area contributed by atoms with Crippen molar-refractivity contribution in [2.24, 2.45) is 11.7 Å². The highest BCUT2D eigenvalue weighted by atomic mass is 79.9. The van der Waals surface area contributed by atoms with Crippen molar-refractivity contribution in [3.63, 3.8) is 0 Å². The fourth-order valence-electron chi connectivity index (χ4n) is 3.40. The van der Waals surface area contributed by atoms with Crippen molar-refractivity contribution in [3.8, 4) is 0 Å². The highest BCUT2D eigenvalue weighted by Gasteiger charge is 2.39. The minimum Gasteiger partial charge on any atom is -0.453 e. The van der Waals surface area contributed by atoms with E-state index in [2.05, 4.69) is 31.3 Å².